The van der Waals surface area contributed by atoms with Crippen LogP contribution in [0.5, 0.6) is 0 Å². The Morgan fingerprint density at radius 2 is 1.64 bits per heavy atom. The lowest BCUT2D eigenvalue weighted by molar-refractivity contribution is 0.124. The maximum atomic E-state index is 12.4. The van der Waals surface area contributed by atoms with E-state index in [0.717, 1.165) is 12.0 Å². The molecule has 0 saturated heterocycles. The van der Waals surface area contributed by atoms with E-state index in [9.17, 15) is 4.79 Å². The molecule has 0 radical (unpaired) electrons. The van der Waals surface area contributed by atoms with E-state index in [1.807, 2.05) is 42.5 Å². The van der Waals surface area contributed by atoms with Gasteiger partial charge in [0.2, 0.25) is 0 Å². The largest absolute Gasteiger partial charge is 0.456 e. The van der Waals surface area contributed by atoms with Gasteiger partial charge in [0.1, 0.15) is 11.3 Å². The van der Waals surface area contributed by atoms with Crippen molar-refractivity contribution in [3.8, 4) is 11.3 Å². The fraction of sp³-hybridized carbons (Fsp3) is 0.125. The molecule has 0 aliphatic rings. The fourth-order valence-corrected chi connectivity index (χ4v) is 3.17. The van der Waals surface area contributed by atoms with Crippen LogP contribution in [0.4, 0.5) is 5.69 Å². The van der Waals surface area contributed by atoms with Gasteiger partial charge in [0.05, 0.1) is 18.6 Å². The Kier molecular flexibility index (Phi) is 5.22. The van der Waals surface area contributed by atoms with Crippen LogP contribution >= 0.6 is 0 Å². The molecule has 0 bridgehead atoms. The molecule has 3 aromatic carbocycles. The second kappa shape index (κ2) is 8.11. The average Bonchev–Trinajstić information content (AvgIpc) is 2.72. The molecule has 0 fully saturated rings. The van der Waals surface area contributed by atoms with Crippen LogP contribution in [0.25, 0.3) is 22.3 Å². The summed E-state index contributed by atoms with van der Waals surface area (Å²) in [7, 11) is 0. The standard InChI is InChI=1S/C24H21NO3/c25-20-7-4-8-22-24(20)21(26)15-23(28-22)19-11-9-17(10-12-19)13-14-27-16-18-5-2-1-3-6-18/h1-12,15H,13-14,16,25H2. The zero-order valence-electron chi connectivity index (χ0n) is 15.4. The summed E-state index contributed by atoms with van der Waals surface area (Å²) in [5.41, 5.74) is 9.89. The molecule has 140 valence electrons. The van der Waals surface area contributed by atoms with Gasteiger partial charge in [-0.1, -0.05) is 60.7 Å². The lowest BCUT2D eigenvalue weighted by atomic mass is 10.1. The summed E-state index contributed by atoms with van der Waals surface area (Å²) in [5.74, 6) is 0.537. The molecule has 4 aromatic rings. The van der Waals surface area contributed by atoms with Crippen molar-refractivity contribution in [3.05, 3.63) is 100 Å². The van der Waals surface area contributed by atoms with Crippen LogP contribution in [0.15, 0.2) is 88.1 Å². The average molecular weight is 371 g/mol. The smallest absolute Gasteiger partial charge is 0.195 e. The highest BCUT2D eigenvalue weighted by Crippen LogP contribution is 2.25. The van der Waals surface area contributed by atoms with E-state index in [0.29, 0.717) is 35.6 Å². The first-order valence-electron chi connectivity index (χ1n) is 9.24. The van der Waals surface area contributed by atoms with Crippen molar-refractivity contribution in [1.29, 1.82) is 0 Å². The van der Waals surface area contributed by atoms with E-state index in [4.69, 9.17) is 14.9 Å². The number of hydrogen-bond acceptors (Lipinski definition) is 4. The molecule has 0 atom stereocenters. The number of fused-ring (bicyclic) bond motifs is 1. The van der Waals surface area contributed by atoms with Crippen LogP contribution in [-0.4, -0.2) is 6.61 Å². The Morgan fingerprint density at radius 1 is 0.857 bits per heavy atom. The third-order valence-electron chi connectivity index (χ3n) is 4.67. The molecule has 0 saturated carbocycles. The molecule has 0 aliphatic carbocycles. The van der Waals surface area contributed by atoms with Gasteiger partial charge in [-0.05, 0) is 29.7 Å². The summed E-state index contributed by atoms with van der Waals surface area (Å²) in [6, 6.07) is 24.9. The highest BCUT2D eigenvalue weighted by atomic mass is 16.5. The Morgan fingerprint density at radius 3 is 2.43 bits per heavy atom. The van der Waals surface area contributed by atoms with E-state index >= 15 is 0 Å². The van der Waals surface area contributed by atoms with Crippen LogP contribution in [0.2, 0.25) is 0 Å². The van der Waals surface area contributed by atoms with Crippen LogP contribution < -0.4 is 11.2 Å². The number of rotatable bonds is 6. The van der Waals surface area contributed by atoms with Gasteiger partial charge in [0.25, 0.3) is 0 Å². The minimum Gasteiger partial charge on any atom is -0.456 e. The number of anilines is 1. The van der Waals surface area contributed by atoms with Gasteiger partial charge in [0.15, 0.2) is 5.43 Å². The van der Waals surface area contributed by atoms with E-state index in [-0.39, 0.29) is 5.43 Å². The molecular formula is C24H21NO3. The van der Waals surface area contributed by atoms with Gasteiger partial charge >= 0.3 is 0 Å². The van der Waals surface area contributed by atoms with E-state index in [2.05, 4.69) is 12.1 Å². The van der Waals surface area contributed by atoms with E-state index in [1.54, 1.807) is 18.2 Å². The summed E-state index contributed by atoms with van der Waals surface area (Å²) in [6.45, 7) is 1.27. The molecule has 0 spiro atoms. The first-order valence-corrected chi connectivity index (χ1v) is 9.24. The molecular weight excluding hydrogens is 350 g/mol. The second-order valence-corrected chi connectivity index (χ2v) is 6.68. The lowest BCUT2D eigenvalue weighted by Gasteiger charge is -2.07. The highest BCUT2D eigenvalue weighted by molar-refractivity contribution is 5.89. The molecule has 2 N–H and O–H groups in total. The topological polar surface area (TPSA) is 65.5 Å². The summed E-state index contributed by atoms with van der Waals surface area (Å²) in [5, 5.41) is 0.429. The van der Waals surface area contributed by atoms with Gasteiger partial charge < -0.3 is 14.9 Å². The van der Waals surface area contributed by atoms with Crippen molar-refractivity contribution < 1.29 is 9.15 Å². The predicted molar refractivity (Wildman–Crippen MR) is 112 cm³/mol. The Hall–Kier alpha value is -3.37. The first kappa shape index (κ1) is 18.0. The molecule has 0 aliphatic heterocycles. The zero-order valence-corrected chi connectivity index (χ0v) is 15.4. The van der Waals surface area contributed by atoms with Crippen LogP contribution in [-0.2, 0) is 17.8 Å². The highest BCUT2D eigenvalue weighted by Gasteiger charge is 2.09. The number of ether oxygens (including phenoxy) is 1. The molecule has 0 amide bonds. The normalized spacial score (nSPS) is 11.0. The van der Waals surface area contributed by atoms with Crippen molar-refractivity contribution in [2.45, 2.75) is 13.0 Å². The molecule has 4 nitrogen and oxygen atoms in total. The Labute approximate surface area is 163 Å². The van der Waals surface area contributed by atoms with Gasteiger partial charge in [-0.15, -0.1) is 0 Å². The number of nitrogen functional groups attached to an aromatic ring is 1. The lowest BCUT2D eigenvalue weighted by Crippen LogP contribution is -2.03. The minimum atomic E-state index is -0.132. The fourth-order valence-electron chi connectivity index (χ4n) is 3.17. The predicted octanol–water partition coefficient (Wildman–Crippen LogP) is 4.80. The third-order valence-corrected chi connectivity index (χ3v) is 4.67. The molecule has 4 rings (SSSR count). The summed E-state index contributed by atoms with van der Waals surface area (Å²) >= 11 is 0. The zero-order chi connectivity index (χ0) is 19.3. The number of benzene rings is 3. The number of hydrogen-bond donors (Lipinski definition) is 1. The van der Waals surface area contributed by atoms with Crippen molar-refractivity contribution in [1.82, 2.24) is 0 Å². The third kappa shape index (κ3) is 3.97. The Bertz CT molecular complexity index is 1130. The van der Waals surface area contributed by atoms with Crippen LogP contribution in [0.3, 0.4) is 0 Å². The van der Waals surface area contributed by atoms with Gasteiger partial charge in [-0.25, -0.2) is 0 Å². The quantitative estimate of drug-likeness (QED) is 0.390. The summed E-state index contributed by atoms with van der Waals surface area (Å²) in [6.07, 6.45) is 0.825. The molecule has 1 aromatic heterocycles. The summed E-state index contributed by atoms with van der Waals surface area (Å²) < 4.78 is 11.6. The molecule has 28 heavy (non-hydrogen) atoms. The minimum absolute atomic E-state index is 0.132. The first-order chi connectivity index (χ1) is 13.7. The van der Waals surface area contributed by atoms with Crippen molar-refractivity contribution in [3.63, 3.8) is 0 Å². The van der Waals surface area contributed by atoms with Crippen molar-refractivity contribution in [2.24, 2.45) is 0 Å². The van der Waals surface area contributed by atoms with Crippen LogP contribution in [0.1, 0.15) is 11.1 Å². The monoisotopic (exact) mass is 371 g/mol. The van der Waals surface area contributed by atoms with Gasteiger partial charge in [-0.3, -0.25) is 4.79 Å². The second-order valence-electron chi connectivity index (χ2n) is 6.68. The summed E-state index contributed by atoms with van der Waals surface area (Å²) in [4.78, 5) is 12.4. The van der Waals surface area contributed by atoms with Crippen LogP contribution in [0, 0.1) is 0 Å². The van der Waals surface area contributed by atoms with Crippen molar-refractivity contribution in [2.75, 3.05) is 12.3 Å². The molecule has 4 heteroatoms. The van der Waals surface area contributed by atoms with E-state index < -0.39 is 0 Å². The molecule has 1 heterocycles. The number of nitrogens with two attached hydrogens (primary N) is 1. The molecule has 0 unspecified atom stereocenters. The maximum absolute atomic E-state index is 12.4. The van der Waals surface area contributed by atoms with E-state index in [1.165, 1.54) is 17.2 Å². The Balaban J connectivity index is 1.43. The van der Waals surface area contributed by atoms with Gasteiger partial charge in [-0.2, -0.15) is 0 Å². The SMILES string of the molecule is Nc1cccc2oc(-c3ccc(CCOCc4ccccc4)cc3)cc(=O)c12. The van der Waals surface area contributed by atoms with Gasteiger partial charge in [0, 0.05) is 17.3 Å². The van der Waals surface area contributed by atoms with Crippen molar-refractivity contribution >= 4 is 16.7 Å². The maximum Gasteiger partial charge on any atom is 0.195 e.